The average Bonchev–Trinajstić information content (AvgIpc) is 3.11. The topological polar surface area (TPSA) is 184 Å². The highest BCUT2D eigenvalue weighted by Gasteiger charge is 2.35. The van der Waals surface area contributed by atoms with Gasteiger partial charge in [-0.3, -0.25) is 24.0 Å². The molecule has 0 unspecified atom stereocenters. The minimum absolute atomic E-state index is 0.00198. The zero-order valence-electron chi connectivity index (χ0n) is 31.9. The number of carbonyl (C=O) groups excluding carboxylic acids is 6. The molecule has 1 heterocycles. The summed E-state index contributed by atoms with van der Waals surface area (Å²) >= 11 is 0. The van der Waals surface area contributed by atoms with E-state index in [2.05, 4.69) is 31.9 Å². The predicted octanol–water partition coefficient (Wildman–Crippen LogP) is 3.51. The molecule has 0 aromatic heterocycles. The third-order valence-corrected chi connectivity index (χ3v) is 8.88. The molecule has 6 N–H and O–H groups in total. The molecule has 0 spiro atoms. The lowest BCUT2D eigenvalue weighted by Gasteiger charge is -2.28. The van der Waals surface area contributed by atoms with E-state index >= 15 is 0 Å². The van der Waals surface area contributed by atoms with Gasteiger partial charge in [0.2, 0.25) is 29.5 Å². The van der Waals surface area contributed by atoms with Gasteiger partial charge < -0.3 is 36.6 Å². The quantitative estimate of drug-likeness (QED) is 0.161. The maximum atomic E-state index is 13.9. The number of hydrogen-bond donors (Lipinski definition) is 6. The minimum atomic E-state index is -1.05. The molecule has 2 aromatic rings. The summed E-state index contributed by atoms with van der Waals surface area (Å²) in [6.45, 7) is 11.7. The molecule has 2 aromatic carbocycles. The summed E-state index contributed by atoms with van der Waals surface area (Å²) in [5.41, 5.74) is 1.66. The van der Waals surface area contributed by atoms with Crippen molar-refractivity contribution in [2.45, 2.75) is 117 Å². The van der Waals surface area contributed by atoms with Crippen LogP contribution in [0, 0.1) is 17.8 Å². The third kappa shape index (κ3) is 14.9. The van der Waals surface area contributed by atoms with Crippen molar-refractivity contribution in [1.29, 1.82) is 0 Å². The molecule has 1 aliphatic heterocycles. The molecule has 5 atom stereocenters. The number of alkyl carbamates (subject to hydrolysis) is 1. The van der Waals surface area contributed by atoms with Gasteiger partial charge in [-0.05, 0) is 61.0 Å². The van der Waals surface area contributed by atoms with Crippen molar-refractivity contribution in [3.05, 3.63) is 71.8 Å². The molecule has 1 fully saturated rings. The summed E-state index contributed by atoms with van der Waals surface area (Å²) < 4.78 is 5.27. The monoisotopic (exact) mass is 734 g/mol. The fraction of sp³-hybridized carbons (Fsp3) is 0.550. The Morgan fingerprint density at radius 1 is 0.604 bits per heavy atom. The standard InChI is InChI=1S/C40H58N6O7/c1-25(2)21-31-36(48)42-30(19-13-14-20-41-40(52)53-24-29-17-11-8-12-18-29)35(47)46-34(27(5)6)39(51)45-32(22-26(3)4)37(49)44-33(38(50)43-31)23-28-15-9-7-10-16-28/h7-12,15-18,25-27,30-34H,13-14,19-24H2,1-6H3,(H,41,52)(H,42,48)(H,43,50)(H,44,49)(H,45,51)(H,46,47)/t30-,31-,32+,33+,34+/m0/s1. The molecule has 1 aliphatic rings. The molecule has 53 heavy (non-hydrogen) atoms. The molecule has 0 radical (unpaired) electrons. The zero-order chi connectivity index (χ0) is 38.9. The van der Waals surface area contributed by atoms with Gasteiger partial charge in [-0.2, -0.15) is 0 Å². The van der Waals surface area contributed by atoms with E-state index in [1.54, 1.807) is 13.8 Å². The maximum Gasteiger partial charge on any atom is 0.407 e. The predicted molar refractivity (Wildman–Crippen MR) is 202 cm³/mol. The summed E-state index contributed by atoms with van der Waals surface area (Å²) in [6.07, 6.45) is 1.26. The number of amides is 6. The SMILES string of the molecule is CC(C)C[C@@H]1NC(=O)[C@@H](Cc2ccccc2)NC(=O)[C@@H](CC(C)C)NC(=O)[C@@H](C(C)C)NC(=O)[C@H](CCCCNC(=O)OCc2ccccc2)NC1=O. The highest BCUT2D eigenvalue weighted by Crippen LogP contribution is 2.14. The van der Waals surface area contributed by atoms with Crippen LogP contribution in [-0.2, 0) is 41.7 Å². The molecule has 6 amide bonds. The Labute approximate surface area is 313 Å². The van der Waals surface area contributed by atoms with Crippen LogP contribution >= 0.6 is 0 Å². The van der Waals surface area contributed by atoms with Gasteiger partial charge in [0.25, 0.3) is 0 Å². The van der Waals surface area contributed by atoms with E-state index in [-0.39, 0.29) is 50.2 Å². The first-order valence-corrected chi connectivity index (χ1v) is 18.7. The average molecular weight is 735 g/mol. The van der Waals surface area contributed by atoms with Crippen LogP contribution in [0.1, 0.15) is 84.8 Å². The first-order valence-electron chi connectivity index (χ1n) is 18.7. The van der Waals surface area contributed by atoms with Crippen molar-refractivity contribution >= 4 is 35.6 Å². The lowest BCUT2D eigenvalue weighted by molar-refractivity contribution is -0.135. The summed E-state index contributed by atoms with van der Waals surface area (Å²) in [4.78, 5) is 81.5. The zero-order valence-corrected chi connectivity index (χ0v) is 31.9. The van der Waals surface area contributed by atoms with Crippen LogP contribution in [0.4, 0.5) is 4.79 Å². The van der Waals surface area contributed by atoms with Crippen LogP contribution in [0.5, 0.6) is 0 Å². The van der Waals surface area contributed by atoms with E-state index in [4.69, 9.17) is 4.74 Å². The molecule has 0 aliphatic carbocycles. The Morgan fingerprint density at radius 2 is 1.08 bits per heavy atom. The van der Waals surface area contributed by atoms with Crippen LogP contribution in [0.25, 0.3) is 0 Å². The summed E-state index contributed by atoms with van der Waals surface area (Å²) in [5, 5.41) is 16.9. The number of benzene rings is 2. The molecule has 3 rings (SSSR count). The largest absolute Gasteiger partial charge is 0.445 e. The molecule has 1 saturated heterocycles. The van der Waals surface area contributed by atoms with Gasteiger partial charge in [-0.25, -0.2) is 4.79 Å². The van der Waals surface area contributed by atoms with Gasteiger partial charge >= 0.3 is 6.09 Å². The van der Waals surface area contributed by atoms with Crippen LogP contribution < -0.4 is 31.9 Å². The van der Waals surface area contributed by atoms with Gasteiger partial charge in [0.05, 0.1) is 0 Å². The van der Waals surface area contributed by atoms with Crippen LogP contribution in [-0.4, -0.2) is 72.4 Å². The van der Waals surface area contributed by atoms with Gasteiger partial charge in [-0.15, -0.1) is 0 Å². The fourth-order valence-corrected chi connectivity index (χ4v) is 6.04. The number of rotatable bonds is 14. The minimum Gasteiger partial charge on any atom is -0.445 e. The Hall–Kier alpha value is -4.94. The highest BCUT2D eigenvalue weighted by molar-refractivity contribution is 5.98. The van der Waals surface area contributed by atoms with Crippen LogP contribution in [0.3, 0.4) is 0 Å². The number of ether oxygens (including phenoxy) is 1. The van der Waals surface area contributed by atoms with Gasteiger partial charge in [0.1, 0.15) is 36.8 Å². The molecule has 290 valence electrons. The Balaban J connectivity index is 1.85. The summed E-state index contributed by atoms with van der Waals surface area (Å²) in [5.74, 6) is -3.11. The second-order valence-corrected chi connectivity index (χ2v) is 14.9. The van der Waals surface area contributed by atoms with Crippen molar-refractivity contribution in [2.75, 3.05) is 6.54 Å². The normalized spacial score (nSPS) is 21.8. The molecular formula is C40H58N6O7. The summed E-state index contributed by atoms with van der Waals surface area (Å²) in [7, 11) is 0. The first kappa shape index (κ1) is 42.5. The Kier molecular flexibility index (Phi) is 17.3. The summed E-state index contributed by atoms with van der Waals surface area (Å²) in [6, 6.07) is 13.4. The van der Waals surface area contributed by atoms with Gasteiger partial charge in [-0.1, -0.05) is 102 Å². The van der Waals surface area contributed by atoms with Crippen LogP contribution in [0.15, 0.2) is 60.7 Å². The highest BCUT2D eigenvalue weighted by atomic mass is 16.5. The van der Waals surface area contributed by atoms with Crippen molar-refractivity contribution in [1.82, 2.24) is 31.9 Å². The van der Waals surface area contributed by atoms with E-state index in [9.17, 15) is 28.8 Å². The maximum absolute atomic E-state index is 13.9. The van der Waals surface area contributed by atoms with E-state index in [1.807, 2.05) is 88.4 Å². The van der Waals surface area contributed by atoms with Crippen molar-refractivity contribution in [2.24, 2.45) is 17.8 Å². The number of carbonyl (C=O) groups is 6. The first-order chi connectivity index (χ1) is 25.2. The Bertz CT molecular complexity index is 1500. The van der Waals surface area contributed by atoms with Crippen molar-refractivity contribution in [3.63, 3.8) is 0 Å². The smallest absolute Gasteiger partial charge is 0.407 e. The lowest BCUT2D eigenvalue weighted by atomic mass is 9.98. The van der Waals surface area contributed by atoms with Crippen molar-refractivity contribution in [3.8, 4) is 0 Å². The Morgan fingerprint density at radius 3 is 1.62 bits per heavy atom. The molecule has 0 bridgehead atoms. The van der Waals surface area contributed by atoms with E-state index in [0.717, 1.165) is 11.1 Å². The van der Waals surface area contributed by atoms with Crippen molar-refractivity contribution < 1.29 is 33.5 Å². The van der Waals surface area contributed by atoms with Gasteiger partial charge in [0.15, 0.2) is 0 Å². The van der Waals surface area contributed by atoms with Crippen LogP contribution in [0.2, 0.25) is 0 Å². The third-order valence-electron chi connectivity index (χ3n) is 8.88. The molecule has 0 saturated carbocycles. The van der Waals surface area contributed by atoms with E-state index in [1.165, 1.54) is 0 Å². The second-order valence-electron chi connectivity index (χ2n) is 14.9. The fourth-order valence-electron chi connectivity index (χ4n) is 6.04. The van der Waals surface area contributed by atoms with E-state index in [0.29, 0.717) is 19.3 Å². The number of nitrogens with one attached hydrogen (secondary N) is 6. The second kappa shape index (κ2) is 21.6. The lowest BCUT2D eigenvalue weighted by Crippen LogP contribution is -2.59. The van der Waals surface area contributed by atoms with Gasteiger partial charge in [0, 0.05) is 13.0 Å². The number of unbranched alkanes of at least 4 members (excludes halogenated alkanes) is 1. The molecular weight excluding hydrogens is 676 g/mol. The van der Waals surface area contributed by atoms with E-state index < -0.39 is 65.8 Å². The number of hydrogen-bond acceptors (Lipinski definition) is 7. The molecule has 13 heteroatoms. The molecule has 13 nitrogen and oxygen atoms in total.